The number of rotatable bonds is 6. The van der Waals surface area contributed by atoms with E-state index < -0.39 is 13.3 Å². The van der Waals surface area contributed by atoms with Crippen LogP contribution in [0.1, 0.15) is 11.1 Å². The van der Waals surface area contributed by atoms with Crippen LogP contribution in [0, 0.1) is 0 Å². The van der Waals surface area contributed by atoms with Gasteiger partial charge in [0.1, 0.15) is 0 Å². The fraction of sp³-hybridized carbons (Fsp3) is 0.176. The Hall–Kier alpha value is -1.97. The van der Waals surface area contributed by atoms with E-state index in [1.807, 2.05) is 60.7 Å². The Balaban J connectivity index is 2.14. The van der Waals surface area contributed by atoms with Gasteiger partial charge in [0, 0.05) is 0 Å². The molecule has 0 unspecified atom stereocenters. The molecule has 0 aliphatic rings. The number of benzene rings is 2. The van der Waals surface area contributed by atoms with Crippen molar-refractivity contribution in [3.8, 4) is 0 Å². The van der Waals surface area contributed by atoms with E-state index in [-0.39, 0.29) is 0 Å². The van der Waals surface area contributed by atoms with Crippen LogP contribution in [-0.2, 0) is 12.8 Å². The largest absolute Gasteiger partial charge is 0.482 e. The van der Waals surface area contributed by atoms with Crippen molar-refractivity contribution >= 4 is 6.98 Å². The van der Waals surface area contributed by atoms with Crippen LogP contribution >= 0.6 is 0 Å². The van der Waals surface area contributed by atoms with Gasteiger partial charge in [-0.05, 0) is 24.0 Å². The molecule has 0 amide bonds. The fourth-order valence-electron chi connectivity index (χ4n) is 2.22. The summed E-state index contributed by atoms with van der Waals surface area (Å²) in [5.74, 6) is 0. The molecule has 0 atom stereocenters. The minimum absolute atomic E-state index is 0.557. The molecule has 0 fully saturated rings. The predicted molar refractivity (Wildman–Crippen MR) is 82.3 cm³/mol. The van der Waals surface area contributed by atoms with Crippen molar-refractivity contribution in [2.24, 2.45) is 0 Å². The molecule has 2 rings (SSSR count). The molecule has 0 aliphatic carbocycles. The van der Waals surface area contributed by atoms with Crippen molar-refractivity contribution in [3.05, 3.63) is 83.4 Å². The zero-order valence-corrected chi connectivity index (χ0v) is 11.7. The second kappa shape index (κ2) is 7.16. The third-order valence-corrected chi connectivity index (χ3v) is 3.22. The van der Waals surface area contributed by atoms with Gasteiger partial charge in [0.2, 0.25) is 0 Å². The van der Waals surface area contributed by atoms with E-state index in [0.29, 0.717) is 12.8 Å². The zero-order chi connectivity index (χ0) is 15.1. The Morgan fingerprint density at radius 2 is 1.19 bits per heavy atom. The molecule has 4 heteroatoms. The van der Waals surface area contributed by atoms with Gasteiger partial charge in [-0.2, -0.15) is 0 Å². The first-order valence-electron chi connectivity index (χ1n) is 7.00. The maximum atomic E-state index is 12.5. The van der Waals surface area contributed by atoms with Crippen molar-refractivity contribution in [3.63, 3.8) is 0 Å². The fourth-order valence-corrected chi connectivity index (χ4v) is 2.22. The average molecular weight is 289 g/mol. The van der Waals surface area contributed by atoms with Gasteiger partial charge in [-0.25, -0.2) is 0 Å². The van der Waals surface area contributed by atoms with Crippen molar-refractivity contribution in [1.29, 1.82) is 0 Å². The van der Waals surface area contributed by atoms with Crippen LogP contribution in [0.4, 0.5) is 12.9 Å². The number of halogens is 3. The monoisotopic (exact) mass is 289 g/mol. The summed E-state index contributed by atoms with van der Waals surface area (Å²) in [7, 11) is 0. The summed E-state index contributed by atoms with van der Waals surface area (Å²) in [4.78, 5) is 0. The van der Waals surface area contributed by atoms with Crippen molar-refractivity contribution in [2.75, 3.05) is 0 Å². The second-order valence-corrected chi connectivity index (χ2v) is 5.13. The molecule has 0 spiro atoms. The lowest BCUT2D eigenvalue weighted by Gasteiger charge is -2.13. The summed E-state index contributed by atoms with van der Waals surface area (Å²) in [6, 6.07) is 19.2. The highest BCUT2D eigenvalue weighted by Crippen LogP contribution is 2.20. The van der Waals surface area contributed by atoms with Crippen LogP contribution in [0.3, 0.4) is 0 Å². The lowest BCUT2D eigenvalue weighted by atomic mass is 9.84. The standard InChI is InChI=1S/C17H17BF3/c19-18(20,21)12-11-17(13-15-7-3-1-4-8-15)14-16-9-5-2-6-10-16/h1-11H,12-14H2/q-1. The molecule has 0 bridgehead atoms. The Morgan fingerprint density at radius 1 is 0.762 bits per heavy atom. The summed E-state index contributed by atoms with van der Waals surface area (Å²) in [6.45, 7) is -4.77. The topological polar surface area (TPSA) is 0 Å². The van der Waals surface area contributed by atoms with Crippen molar-refractivity contribution in [1.82, 2.24) is 0 Å². The third kappa shape index (κ3) is 5.90. The Labute approximate surface area is 123 Å². The third-order valence-electron chi connectivity index (χ3n) is 3.22. The maximum Gasteiger partial charge on any atom is 0.482 e. The summed E-state index contributed by atoms with van der Waals surface area (Å²) in [6.07, 6.45) is 1.65. The van der Waals surface area contributed by atoms with Gasteiger partial charge in [0.25, 0.3) is 0 Å². The molecule has 0 aromatic heterocycles. The van der Waals surface area contributed by atoms with Crippen LogP contribution in [-0.4, -0.2) is 6.98 Å². The molecule has 0 N–H and O–H groups in total. The minimum atomic E-state index is -4.77. The molecule has 2 aromatic rings. The zero-order valence-electron chi connectivity index (χ0n) is 11.7. The molecule has 0 saturated heterocycles. The molecule has 110 valence electrons. The van der Waals surface area contributed by atoms with E-state index in [1.165, 1.54) is 6.08 Å². The minimum Gasteiger partial charge on any atom is -0.449 e. The number of allylic oxidation sites excluding steroid dienone is 2. The van der Waals surface area contributed by atoms with Crippen LogP contribution in [0.25, 0.3) is 0 Å². The molecule has 21 heavy (non-hydrogen) atoms. The van der Waals surface area contributed by atoms with Gasteiger partial charge in [0.15, 0.2) is 0 Å². The van der Waals surface area contributed by atoms with Crippen molar-refractivity contribution in [2.45, 2.75) is 19.2 Å². The lowest BCUT2D eigenvalue weighted by molar-refractivity contribution is 0.477. The average Bonchev–Trinajstić information content (AvgIpc) is 2.46. The first-order chi connectivity index (χ1) is 10.0. The van der Waals surface area contributed by atoms with E-state index in [4.69, 9.17) is 0 Å². The first kappa shape index (κ1) is 15.4. The Kier molecular flexibility index (Phi) is 5.26. The van der Waals surface area contributed by atoms with Crippen LogP contribution in [0.2, 0.25) is 6.32 Å². The summed E-state index contributed by atoms with van der Waals surface area (Å²) < 4.78 is 37.5. The predicted octanol–water partition coefficient (Wildman–Crippen LogP) is 5.25. The summed E-state index contributed by atoms with van der Waals surface area (Å²) >= 11 is 0. The normalized spacial score (nSPS) is 11.2. The first-order valence-corrected chi connectivity index (χ1v) is 7.00. The van der Waals surface area contributed by atoms with Crippen LogP contribution in [0.5, 0.6) is 0 Å². The molecule has 0 saturated carbocycles. The van der Waals surface area contributed by atoms with Gasteiger partial charge in [-0.3, -0.25) is 0 Å². The van der Waals surface area contributed by atoms with Gasteiger partial charge in [-0.1, -0.05) is 72.6 Å². The molecule has 0 nitrogen and oxygen atoms in total. The van der Waals surface area contributed by atoms with Gasteiger partial charge in [-0.15, -0.1) is 6.08 Å². The molecule has 2 aromatic carbocycles. The van der Waals surface area contributed by atoms with Gasteiger partial charge >= 0.3 is 6.98 Å². The smallest absolute Gasteiger partial charge is 0.449 e. The highest BCUT2D eigenvalue weighted by atomic mass is 19.4. The molecular weight excluding hydrogens is 272 g/mol. The van der Waals surface area contributed by atoms with Crippen LogP contribution < -0.4 is 0 Å². The Morgan fingerprint density at radius 3 is 1.57 bits per heavy atom. The second-order valence-electron chi connectivity index (χ2n) is 5.13. The number of hydrogen-bond donors (Lipinski definition) is 0. The molecule has 0 radical (unpaired) electrons. The summed E-state index contributed by atoms with van der Waals surface area (Å²) in [5.41, 5.74) is 2.88. The summed E-state index contributed by atoms with van der Waals surface area (Å²) in [5, 5.41) is 0. The Bertz CT molecular complexity index is 530. The van der Waals surface area contributed by atoms with E-state index in [9.17, 15) is 12.9 Å². The highest BCUT2D eigenvalue weighted by Gasteiger charge is 2.20. The highest BCUT2D eigenvalue weighted by molar-refractivity contribution is 6.58. The number of hydrogen-bond acceptors (Lipinski definition) is 0. The van der Waals surface area contributed by atoms with E-state index >= 15 is 0 Å². The quantitative estimate of drug-likeness (QED) is 0.503. The molecule has 0 heterocycles. The van der Waals surface area contributed by atoms with E-state index in [1.54, 1.807) is 0 Å². The maximum absolute atomic E-state index is 12.5. The van der Waals surface area contributed by atoms with Crippen LogP contribution in [0.15, 0.2) is 72.3 Å². The SMILES string of the molecule is F[B-](F)(F)CC=C(Cc1ccccc1)Cc1ccccc1. The van der Waals surface area contributed by atoms with E-state index in [2.05, 4.69) is 0 Å². The molecule has 0 aliphatic heterocycles. The van der Waals surface area contributed by atoms with Gasteiger partial charge in [0.05, 0.1) is 0 Å². The van der Waals surface area contributed by atoms with E-state index in [0.717, 1.165) is 16.7 Å². The molecular formula is C17H17BF3-. The van der Waals surface area contributed by atoms with Gasteiger partial charge < -0.3 is 12.9 Å². The van der Waals surface area contributed by atoms with Crippen molar-refractivity contribution < 1.29 is 12.9 Å². The lowest BCUT2D eigenvalue weighted by Crippen LogP contribution is -2.13.